The van der Waals surface area contributed by atoms with E-state index in [0.29, 0.717) is 22.6 Å². The molecule has 1 amide bonds. The van der Waals surface area contributed by atoms with Crippen LogP contribution in [0.1, 0.15) is 12.8 Å². The third-order valence-corrected chi connectivity index (χ3v) is 4.74. The van der Waals surface area contributed by atoms with Crippen molar-refractivity contribution in [2.75, 3.05) is 26.5 Å². The summed E-state index contributed by atoms with van der Waals surface area (Å²) in [5.74, 6) is 2.70. The Morgan fingerprint density at radius 1 is 1.29 bits per heavy atom. The summed E-state index contributed by atoms with van der Waals surface area (Å²) in [4.78, 5) is 11.5. The lowest BCUT2D eigenvalue weighted by molar-refractivity contribution is -0.122. The van der Waals surface area contributed by atoms with Crippen molar-refractivity contribution >= 4 is 17.7 Å². The number of aromatic nitrogens is 2. The third-order valence-electron chi connectivity index (χ3n) is 3.89. The topological polar surface area (TPSA) is 86.5 Å². The van der Waals surface area contributed by atoms with Gasteiger partial charge in [-0.1, -0.05) is 11.8 Å². The van der Waals surface area contributed by atoms with E-state index in [2.05, 4.69) is 15.5 Å². The molecule has 1 aliphatic rings. The first-order chi connectivity index (χ1) is 11.7. The van der Waals surface area contributed by atoms with Crippen LogP contribution in [-0.2, 0) is 4.79 Å². The fourth-order valence-electron chi connectivity index (χ4n) is 2.56. The highest BCUT2D eigenvalue weighted by Gasteiger charge is 2.23. The number of benzene rings is 1. The lowest BCUT2D eigenvalue weighted by Gasteiger charge is -2.07. The van der Waals surface area contributed by atoms with Gasteiger partial charge < -0.3 is 19.2 Å². The second-order valence-electron chi connectivity index (χ2n) is 5.36. The molecule has 128 valence electrons. The Balaban J connectivity index is 1.61. The van der Waals surface area contributed by atoms with Crippen molar-refractivity contribution in [1.29, 1.82) is 0 Å². The second-order valence-corrected chi connectivity index (χ2v) is 6.40. The van der Waals surface area contributed by atoms with E-state index in [4.69, 9.17) is 13.9 Å². The molecule has 1 N–H and O–H groups in total. The first-order valence-corrected chi connectivity index (χ1v) is 8.66. The van der Waals surface area contributed by atoms with Gasteiger partial charge >= 0.3 is 0 Å². The van der Waals surface area contributed by atoms with Crippen molar-refractivity contribution in [1.82, 2.24) is 15.5 Å². The number of hydrogen-bond donors (Lipinski definition) is 1. The molecule has 24 heavy (non-hydrogen) atoms. The zero-order chi connectivity index (χ0) is 16.9. The van der Waals surface area contributed by atoms with Gasteiger partial charge in [0.25, 0.3) is 5.22 Å². The molecule has 3 rings (SSSR count). The summed E-state index contributed by atoms with van der Waals surface area (Å²) in [6.45, 7) is 0.776. The monoisotopic (exact) mass is 349 g/mol. The molecule has 8 heteroatoms. The van der Waals surface area contributed by atoms with Crippen molar-refractivity contribution in [3.05, 3.63) is 18.2 Å². The van der Waals surface area contributed by atoms with E-state index < -0.39 is 0 Å². The lowest BCUT2D eigenvalue weighted by atomic mass is 10.1. The molecule has 1 aliphatic heterocycles. The normalized spacial score (nSPS) is 16.9. The fourth-order valence-corrected chi connectivity index (χ4v) is 3.38. The average Bonchev–Trinajstić information content (AvgIpc) is 3.24. The van der Waals surface area contributed by atoms with Crippen molar-refractivity contribution in [2.45, 2.75) is 18.1 Å². The fraction of sp³-hybridized carbons (Fsp3) is 0.438. The molecule has 1 atom stereocenters. The van der Waals surface area contributed by atoms with Crippen LogP contribution < -0.4 is 14.8 Å². The van der Waals surface area contributed by atoms with Crippen LogP contribution in [0.3, 0.4) is 0 Å². The van der Waals surface area contributed by atoms with E-state index >= 15 is 0 Å². The molecule has 1 aromatic carbocycles. The van der Waals surface area contributed by atoms with Crippen molar-refractivity contribution in [3.63, 3.8) is 0 Å². The van der Waals surface area contributed by atoms with E-state index in [9.17, 15) is 4.79 Å². The smallest absolute Gasteiger partial charge is 0.276 e. The Hall–Kier alpha value is -2.22. The van der Waals surface area contributed by atoms with Crippen molar-refractivity contribution in [2.24, 2.45) is 5.92 Å². The number of amides is 1. The van der Waals surface area contributed by atoms with E-state index in [1.165, 1.54) is 11.8 Å². The molecular formula is C16H19N3O4S. The second kappa shape index (κ2) is 7.57. The summed E-state index contributed by atoms with van der Waals surface area (Å²) >= 11 is 1.47. The summed E-state index contributed by atoms with van der Waals surface area (Å²) in [5, 5.41) is 11.5. The molecule has 0 aliphatic carbocycles. The maximum Gasteiger partial charge on any atom is 0.276 e. The standard InChI is InChI=1S/C16H19N3O4S/c1-21-12-4-3-11(9-13(12)22-2)15-18-19-16(23-15)24-8-6-10-5-7-17-14(10)20/h3-4,9-10H,5-8H2,1-2H3,(H,17,20). The number of thioether (sulfide) groups is 1. The molecule has 1 saturated heterocycles. The predicted molar refractivity (Wildman–Crippen MR) is 89.3 cm³/mol. The van der Waals surface area contributed by atoms with E-state index in [0.717, 1.165) is 30.7 Å². The van der Waals surface area contributed by atoms with Gasteiger partial charge in [-0.05, 0) is 31.0 Å². The van der Waals surface area contributed by atoms with Crippen LogP contribution in [-0.4, -0.2) is 42.6 Å². The zero-order valence-electron chi connectivity index (χ0n) is 13.6. The predicted octanol–water partition coefficient (Wildman–Crippen LogP) is 2.37. The van der Waals surface area contributed by atoms with Gasteiger partial charge in [-0.3, -0.25) is 4.79 Å². The number of methoxy groups -OCH3 is 2. The molecule has 0 spiro atoms. The first kappa shape index (κ1) is 16.6. The Kier molecular flexibility index (Phi) is 5.24. The SMILES string of the molecule is COc1ccc(-c2nnc(SCCC3CCNC3=O)o2)cc1OC. The number of rotatable bonds is 7. The summed E-state index contributed by atoms with van der Waals surface area (Å²) in [6, 6.07) is 5.43. The molecule has 7 nitrogen and oxygen atoms in total. The molecule has 2 heterocycles. The summed E-state index contributed by atoms with van der Waals surface area (Å²) in [5.41, 5.74) is 0.766. The van der Waals surface area contributed by atoms with Crippen LogP contribution in [0.5, 0.6) is 11.5 Å². The van der Waals surface area contributed by atoms with Gasteiger partial charge in [0, 0.05) is 23.8 Å². The zero-order valence-corrected chi connectivity index (χ0v) is 14.4. The highest BCUT2D eigenvalue weighted by Crippen LogP contribution is 2.32. The molecule has 1 aromatic heterocycles. The minimum Gasteiger partial charge on any atom is -0.493 e. The average molecular weight is 349 g/mol. The molecule has 1 unspecified atom stereocenters. The first-order valence-electron chi connectivity index (χ1n) is 7.67. The minimum absolute atomic E-state index is 0.103. The quantitative estimate of drug-likeness (QED) is 0.768. The number of nitrogens with one attached hydrogen (secondary N) is 1. The van der Waals surface area contributed by atoms with Gasteiger partial charge in [0.1, 0.15) is 0 Å². The van der Waals surface area contributed by atoms with Crippen LogP contribution in [0, 0.1) is 5.92 Å². The molecular weight excluding hydrogens is 330 g/mol. The van der Waals surface area contributed by atoms with Gasteiger partial charge in [0.05, 0.1) is 14.2 Å². The highest BCUT2D eigenvalue weighted by molar-refractivity contribution is 7.99. The van der Waals surface area contributed by atoms with Crippen molar-refractivity contribution in [3.8, 4) is 23.0 Å². The van der Waals surface area contributed by atoms with Gasteiger partial charge in [-0.2, -0.15) is 0 Å². The van der Waals surface area contributed by atoms with Crippen LogP contribution >= 0.6 is 11.8 Å². The largest absolute Gasteiger partial charge is 0.493 e. The van der Waals surface area contributed by atoms with E-state index in [1.807, 2.05) is 6.07 Å². The van der Waals surface area contributed by atoms with Crippen LogP contribution in [0.2, 0.25) is 0 Å². The molecule has 0 saturated carbocycles. The molecule has 2 aromatic rings. The third kappa shape index (κ3) is 3.64. The van der Waals surface area contributed by atoms with Crippen LogP contribution in [0.4, 0.5) is 0 Å². The Labute approximate surface area is 144 Å². The van der Waals surface area contributed by atoms with E-state index in [1.54, 1.807) is 26.4 Å². The number of nitrogens with zero attached hydrogens (tertiary/aromatic N) is 2. The van der Waals surface area contributed by atoms with Gasteiger partial charge in [-0.25, -0.2) is 0 Å². The number of hydrogen-bond acceptors (Lipinski definition) is 7. The minimum atomic E-state index is 0.103. The van der Waals surface area contributed by atoms with Crippen LogP contribution in [0.25, 0.3) is 11.5 Å². The number of carbonyl (C=O) groups excluding carboxylic acids is 1. The number of carbonyl (C=O) groups is 1. The maximum atomic E-state index is 11.5. The summed E-state index contributed by atoms with van der Waals surface area (Å²) in [7, 11) is 3.17. The van der Waals surface area contributed by atoms with E-state index in [-0.39, 0.29) is 11.8 Å². The van der Waals surface area contributed by atoms with Gasteiger partial charge in [-0.15, -0.1) is 10.2 Å². The Morgan fingerprint density at radius 2 is 2.12 bits per heavy atom. The molecule has 0 bridgehead atoms. The van der Waals surface area contributed by atoms with Crippen molar-refractivity contribution < 1.29 is 18.7 Å². The van der Waals surface area contributed by atoms with Gasteiger partial charge in [0.15, 0.2) is 11.5 Å². The lowest BCUT2D eigenvalue weighted by Crippen LogP contribution is -2.19. The molecule has 0 radical (unpaired) electrons. The number of ether oxygens (including phenoxy) is 2. The van der Waals surface area contributed by atoms with Crippen LogP contribution in [0.15, 0.2) is 27.8 Å². The summed E-state index contributed by atoms with van der Waals surface area (Å²) in [6.07, 6.45) is 1.71. The molecule has 1 fully saturated rings. The highest BCUT2D eigenvalue weighted by atomic mass is 32.2. The maximum absolute atomic E-state index is 11.5. The van der Waals surface area contributed by atoms with Gasteiger partial charge in [0.2, 0.25) is 11.8 Å². The summed E-state index contributed by atoms with van der Waals surface area (Å²) < 4.78 is 16.2. The Bertz CT molecular complexity index is 719. The Morgan fingerprint density at radius 3 is 2.83 bits per heavy atom.